The molecule has 0 saturated carbocycles. The van der Waals surface area contributed by atoms with Crippen molar-refractivity contribution in [3.63, 3.8) is 0 Å². The van der Waals surface area contributed by atoms with Crippen LogP contribution in [0, 0.1) is 0 Å². The van der Waals surface area contributed by atoms with Gasteiger partial charge in [0.15, 0.2) is 0 Å². The van der Waals surface area contributed by atoms with E-state index in [1.54, 1.807) is 21.6 Å². The van der Waals surface area contributed by atoms with Crippen LogP contribution >= 0.6 is 21.6 Å². The van der Waals surface area contributed by atoms with Crippen molar-refractivity contribution < 1.29 is 20.0 Å². The highest BCUT2D eigenvalue weighted by molar-refractivity contribution is 8.76. The van der Waals surface area contributed by atoms with E-state index in [9.17, 15) is 20.0 Å². The van der Waals surface area contributed by atoms with Crippen LogP contribution in [0.4, 0.5) is 0 Å². The van der Waals surface area contributed by atoms with Crippen LogP contribution in [-0.2, 0) is 33.3 Å². The lowest BCUT2D eigenvalue weighted by Gasteiger charge is -2.19. The fourth-order valence-electron chi connectivity index (χ4n) is 3.69. The van der Waals surface area contributed by atoms with E-state index >= 15 is 0 Å². The molecule has 0 aliphatic carbocycles. The standard InChI is InChI=1S/C30H42N4O4S2/c1-29(2,3)23-11-7-21(8-12-23)19-25(33-37)27(35)31-15-17-39-40-18-16-32-28(36)26(34-38)20-22-9-13-24(14-10-22)30(4,5)6/h7-14,37-38H,15-20H2,1-6H3,(H,31,35)(H,32,36)/b33-25-,34-26+. The topological polar surface area (TPSA) is 123 Å². The second kappa shape index (κ2) is 15.7. The summed E-state index contributed by atoms with van der Waals surface area (Å²) in [4.78, 5) is 24.8. The van der Waals surface area contributed by atoms with Gasteiger partial charge in [-0.25, -0.2) is 0 Å². The number of nitrogens with one attached hydrogen (secondary N) is 2. The van der Waals surface area contributed by atoms with Gasteiger partial charge in [0.1, 0.15) is 11.4 Å². The molecule has 2 aromatic rings. The molecule has 2 rings (SSSR count). The van der Waals surface area contributed by atoms with E-state index in [-0.39, 0.29) is 35.1 Å². The van der Waals surface area contributed by atoms with E-state index in [2.05, 4.69) is 62.5 Å². The summed E-state index contributed by atoms with van der Waals surface area (Å²) in [6, 6.07) is 15.9. The highest BCUT2D eigenvalue weighted by Gasteiger charge is 2.17. The smallest absolute Gasteiger partial charge is 0.269 e. The first-order valence-corrected chi connectivity index (χ1v) is 15.8. The second-order valence-electron chi connectivity index (χ2n) is 11.5. The monoisotopic (exact) mass is 586 g/mol. The molecule has 0 spiro atoms. The zero-order chi connectivity index (χ0) is 29.8. The van der Waals surface area contributed by atoms with Crippen LogP contribution in [0.1, 0.15) is 63.8 Å². The summed E-state index contributed by atoms with van der Waals surface area (Å²) in [5, 5.41) is 30.6. The number of carbonyl (C=O) groups excluding carboxylic acids is 2. The molecule has 40 heavy (non-hydrogen) atoms. The second-order valence-corrected chi connectivity index (χ2v) is 14.2. The number of benzene rings is 2. The van der Waals surface area contributed by atoms with Crippen LogP contribution < -0.4 is 10.6 Å². The molecule has 218 valence electrons. The van der Waals surface area contributed by atoms with Crippen LogP contribution in [0.2, 0.25) is 0 Å². The molecule has 0 saturated heterocycles. The average molecular weight is 587 g/mol. The molecule has 10 heteroatoms. The largest absolute Gasteiger partial charge is 0.410 e. The van der Waals surface area contributed by atoms with Crippen LogP contribution in [0.3, 0.4) is 0 Å². The van der Waals surface area contributed by atoms with Crippen LogP contribution in [0.25, 0.3) is 0 Å². The number of hydrogen-bond acceptors (Lipinski definition) is 8. The van der Waals surface area contributed by atoms with Crippen LogP contribution in [-0.4, -0.2) is 58.2 Å². The van der Waals surface area contributed by atoms with Crippen molar-refractivity contribution in [1.82, 2.24) is 10.6 Å². The number of amides is 2. The zero-order valence-corrected chi connectivity index (χ0v) is 25.9. The summed E-state index contributed by atoms with van der Waals surface area (Å²) in [5.41, 5.74) is 4.40. The number of hydrogen-bond donors (Lipinski definition) is 4. The molecule has 4 N–H and O–H groups in total. The summed E-state index contributed by atoms with van der Waals surface area (Å²) >= 11 is 0. The van der Waals surface area contributed by atoms with Crippen LogP contribution in [0.5, 0.6) is 0 Å². The lowest BCUT2D eigenvalue weighted by molar-refractivity contribution is -0.115. The number of carbonyl (C=O) groups is 2. The minimum absolute atomic E-state index is 0.0427. The van der Waals surface area contributed by atoms with Crippen molar-refractivity contribution in [3.05, 3.63) is 70.8 Å². The maximum atomic E-state index is 12.4. The Balaban J connectivity index is 1.63. The highest BCUT2D eigenvalue weighted by atomic mass is 33.1. The molecule has 0 atom stereocenters. The first-order valence-electron chi connectivity index (χ1n) is 13.3. The van der Waals surface area contributed by atoms with Gasteiger partial charge in [0.2, 0.25) is 0 Å². The summed E-state index contributed by atoms with van der Waals surface area (Å²) in [6.07, 6.45) is 0.491. The van der Waals surface area contributed by atoms with E-state index < -0.39 is 11.8 Å². The fourth-order valence-corrected chi connectivity index (χ4v) is 5.50. The van der Waals surface area contributed by atoms with Gasteiger partial charge >= 0.3 is 0 Å². The summed E-state index contributed by atoms with van der Waals surface area (Å²) in [7, 11) is 3.13. The molecule has 0 radical (unpaired) electrons. The van der Waals surface area contributed by atoms with Crippen molar-refractivity contribution in [3.8, 4) is 0 Å². The van der Waals surface area contributed by atoms with Gasteiger partial charge in [-0.2, -0.15) is 0 Å². The van der Waals surface area contributed by atoms with Gasteiger partial charge in [-0.3, -0.25) is 9.59 Å². The summed E-state index contributed by atoms with van der Waals surface area (Å²) in [6.45, 7) is 13.7. The van der Waals surface area contributed by atoms with Crippen LogP contribution in [0.15, 0.2) is 58.8 Å². The first kappa shape index (κ1) is 33.2. The van der Waals surface area contributed by atoms with Crippen molar-refractivity contribution in [2.75, 3.05) is 24.6 Å². The quantitative estimate of drug-likeness (QED) is 0.0826. The lowest BCUT2D eigenvalue weighted by atomic mass is 9.86. The molecule has 0 aliphatic rings. The molecule has 2 aromatic carbocycles. The lowest BCUT2D eigenvalue weighted by Crippen LogP contribution is -2.34. The molecule has 0 unspecified atom stereocenters. The van der Waals surface area contributed by atoms with Gasteiger partial charge in [0.05, 0.1) is 0 Å². The van der Waals surface area contributed by atoms with E-state index in [0.29, 0.717) is 24.6 Å². The van der Waals surface area contributed by atoms with E-state index in [1.165, 1.54) is 11.1 Å². The van der Waals surface area contributed by atoms with Gasteiger partial charge < -0.3 is 21.0 Å². The molecule has 8 nitrogen and oxygen atoms in total. The Morgan fingerprint density at radius 3 is 1.25 bits per heavy atom. The summed E-state index contributed by atoms with van der Waals surface area (Å²) in [5.74, 6) is 0.502. The minimum atomic E-state index is -0.399. The number of oxime groups is 2. The normalized spacial score (nSPS) is 12.8. The molecule has 0 fully saturated rings. The molecule has 0 heterocycles. The predicted octanol–water partition coefficient (Wildman–Crippen LogP) is 5.34. The predicted molar refractivity (Wildman–Crippen MR) is 167 cm³/mol. The van der Waals surface area contributed by atoms with Gasteiger partial charge in [0.25, 0.3) is 11.8 Å². The van der Waals surface area contributed by atoms with Crippen molar-refractivity contribution in [2.45, 2.75) is 65.2 Å². The Hall–Kier alpha value is -2.98. The fraction of sp³-hybridized carbons (Fsp3) is 0.467. The summed E-state index contributed by atoms with van der Waals surface area (Å²) < 4.78 is 0. The third-order valence-corrected chi connectivity index (χ3v) is 8.58. The number of rotatable bonds is 13. The minimum Gasteiger partial charge on any atom is -0.410 e. The maximum absolute atomic E-state index is 12.4. The van der Waals surface area contributed by atoms with E-state index in [0.717, 1.165) is 11.1 Å². The van der Waals surface area contributed by atoms with Gasteiger partial charge in [-0.05, 0) is 33.1 Å². The van der Waals surface area contributed by atoms with Crippen molar-refractivity contribution >= 4 is 44.8 Å². The molecule has 2 amide bonds. The highest BCUT2D eigenvalue weighted by Crippen LogP contribution is 2.23. The van der Waals surface area contributed by atoms with Gasteiger partial charge in [0, 0.05) is 37.4 Å². The van der Waals surface area contributed by atoms with Crippen molar-refractivity contribution in [1.29, 1.82) is 0 Å². The molecular weight excluding hydrogens is 544 g/mol. The SMILES string of the molecule is CC(C)(C)c1ccc(C/C(=N/O)C(=O)NCCSSCCNC(=O)/C(Cc2ccc(C(C)(C)C)cc2)=N/O)cc1. The molecule has 0 bridgehead atoms. The Morgan fingerprint density at radius 2 is 0.975 bits per heavy atom. The van der Waals surface area contributed by atoms with E-state index in [1.807, 2.05) is 48.5 Å². The Kier molecular flexibility index (Phi) is 13.1. The molecule has 0 aromatic heterocycles. The molecular formula is C30H42N4O4S2. The van der Waals surface area contributed by atoms with Gasteiger partial charge in [-0.15, -0.1) is 0 Å². The van der Waals surface area contributed by atoms with Gasteiger partial charge in [-0.1, -0.05) is 122 Å². The Bertz CT molecular complexity index is 1070. The Labute approximate surface area is 245 Å². The zero-order valence-electron chi connectivity index (χ0n) is 24.3. The third kappa shape index (κ3) is 11.3. The molecule has 0 aliphatic heterocycles. The first-order chi connectivity index (χ1) is 18.8. The van der Waals surface area contributed by atoms with Crippen molar-refractivity contribution in [2.24, 2.45) is 10.3 Å². The maximum Gasteiger partial charge on any atom is 0.269 e. The third-order valence-electron chi connectivity index (χ3n) is 6.17. The average Bonchev–Trinajstić information content (AvgIpc) is 2.91. The Morgan fingerprint density at radius 1 is 0.650 bits per heavy atom. The number of nitrogens with zero attached hydrogens (tertiary/aromatic N) is 2. The van der Waals surface area contributed by atoms with E-state index in [4.69, 9.17) is 0 Å².